The Kier molecular flexibility index (Phi) is 4.90. The van der Waals surface area contributed by atoms with Crippen LogP contribution in [0.3, 0.4) is 0 Å². The SMILES string of the molecule is COc1ccc(F)cc1-c1cc(C(F)(F)F)nn1-c1ccc(S(N)(=O)=O)cc1. The molecule has 0 fully saturated rings. The van der Waals surface area contributed by atoms with Gasteiger partial charge in [-0.2, -0.15) is 18.3 Å². The molecule has 0 atom stereocenters. The van der Waals surface area contributed by atoms with Crippen molar-refractivity contribution in [1.82, 2.24) is 9.78 Å². The summed E-state index contributed by atoms with van der Waals surface area (Å²) < 4.78 is 82.2. The van der Waals surface area contributed by atoms with Crippen molar-refractivity contribution in [3.05, 3.63) is 60.0 Å². The Balaban J connectivity index is 2.24. The molecule has 6 nitrogen and oxygen atoms in total. The zero-order chi connectivity index (χ0) is 20.7. The van der Waals surface area contributed by atoms with Crippen molar-refractivity contribution in [1.29, 1.82) is 0 Å². The number of hydrogen-bond donors (Lipinski definition) is 1. The highest BCUT2D eigenvalue weighted by atomic mass is 32.2. The molecule has 3 rings (SSSR count). The summed E-state index contributed by atoms with van der Waals surface area (Å²) in [7, 11) is -2.68. The molecular formula is C17H13F4N3O3S. The van der Waals surface area contributed by atoms with E-state index in [1.54, 1.807) is 0 Å². The van der Waals surface area contributed by atoms with Crippen LogP contribution in [0, 0.1) is 5.82 Å². The van der Waals surface area contributed by atoms with E-state index in [1.807, 2.05) is 0 Å². The molecule has 0 aliphatic carbocycles. The fraction of sp³-hybridized carbons (Fsp3) is 0.118. The molecular weight excluding hydrogens is 402 g/mol. The first-order valence-corrected chi connectivity index (χ1v) is 9.20. The fourth-order valence-electron chi connectivity index (χ4n) is 2.57. The topological polar surface area (TPSA) is 87.2 Å². The van der Waals surface area contributed by atoms with Crippen molar-refractivity contribution in [2.24, 2.45) is 5.14 Å². The second kappa shape index (κ2) is 6.91. The highest BCUT2D eigenvalue weighted by Crippen LogP contribution is 2.37. The zero-order valence-corrected chi connectivity index (χ0v) is 15.1. The first-order valence-electron chi connectivity index (χ1n) is 7.65. The number of halogens is 4. The van der Waals surface area contributed by atoms with Crippen LogP contribution >= 0.6 is 0 Å². The molecule has 0 unspecified atom stereocenters. The highest BCUT2D eigenvalue weighted by Gasteiger charge is 2.35. The van der Waals surface area contributed by atoms with E-state index in [1.165, 1.54) is 25.3 Å². The Bertz CT molecular complexity index is 1120. The van der Waals surface area contributed by atoms with Crippen LogP contribution < -0.4 is 9.88 Å². The van der Waals surface area contributed by atoms with Gasteiger partial charge in [0.05, 0.1) is 23.4 Å². The first kappa shape index (κ1) is 19.8. The van der Waals surface area contributed by atoms with Crippen LogP contribution in [0.1, 0.15) is 5.69 Å². The molecule has 148 valence electrons. The van der Waals surface area contributed by atoms with Crippen molar-refractivity contribution in [2.45, 2.75) is 11.1 Å². The number of ether oxygens (including phenoxy) is 1. The molecule has 2 N–H and O–H groups in total. The Morgan fingerprint density at radius 2 is 1.71 bits per heavy atom. The third kappa shape index (κ3) is 3.85. The van der Waals surface area contributed by atoms with E-state index < -0.39 is 27.7 Å². The average molecular weight is 415 g/mol. The number of aromatic nitrogens is 2. The molecule has 0 radical (unpaired) electrons. The van der Waals surface area contributed by atoms with Gasteiger partial charge < -0.3 is 4.74 Å². The molecule has 0 saturated heterocycles. The number of nitrogens with zero attached hydrogens (tertiary/aromatic N) is 2. The molecule has 2 aromatic carbocycles. The number of methoxy groups -OCH3 is 1. The smallest absolute Gasteiger partial charge is 0.435 e. The summed E-state index contributed by atoms with van der Waals surface area (Å²) in [4.78, 5) is -0.218. The number of alkyl halides is 3. The molecule has 3 aromatic rings. The molecule has 1 aromatic heterocycles. The van der Waals surface area contributed by atoms with Crippen molar-refractivity contribution in [3.63, 3.8) is 0 Å². The van der Waals surface area contributed by atoms with Gasteiger partial charge in [-0.15, -0.1) is 0 Å². The number of sulfonamides is 1. The van der Waals surface area contributed by atoms with Gasteiger partial charge in [-0.3, -0.25) is 0 Å². The van der Waals surface area contributed by atoms with Crippen molar-refractivity contribution in [3.8, 4) is 22.7 Å². The molecule has 0 aliphatic rings. The Labute approximate surface area is 157 Å². The second-order valence-corrected chi connectivity index (χ2v) is 7.27. The van der Waals surface area contributed by atoms with E-state index in [-0.39, 0.29) is 27.6 Å². The third-order valence-electron chi connectivity index (χ3n) is 3.85. The van der Waals surface area contributed by atoms with E-state index in [9.17, 15) is 26.0 Å². The molecule has 0 amide bonds. The maximum absolute atomic E-state index is 13.7. The van der Waals surface area contributed by atoms with Gasteiger partial charge in [-0.1, -0.05) is 0 Å². The monoisotopic (exact) mass is 415 g/mol. The lowest BCUT2D eigenvalue weighted by Gasteiger charge is -2.11. The van der Waals surface area contributed by atoms with Crippen LogP contribution in [0.25, 0.3) is 16.9 Å². The number of primary sulfonamides is 1. The summed E-state index contributed by atoms with van der Waals surface area (Å²) in [5, 5.41) is 8.58. The normalized spacial score (nSPS) is 12.2. The van der Waals surface area contributed by atoms with E-state index in [4.69, 9.17) is 9.88 Å². The van der Waals surface area contributed by atoms with Gasteiger partial charge in [0.15, 0.2) is 5.69 Å². The van der Waals surface area contributed by atoms with Crippen molar-refractivity contribution in [2.75, 3.05) is 7.11 Å². The van der Waals surface area contributed by atoms with Crippen LogP contribution in [0.5, 0.6) is 5.75 Å². The number of nitrogens with two attached hydrogens (primary N) is 1. The molecule has 0 spiro atoms. The lowest BCUT2D eigenvalue weighted by atomic mass is 10.1. The van der Waals surface area contributed by atoms with Gasteiger partial charge in [0.25, 0.3) is 0 Å². The molecule has 0 bridgehead atoms. The van der Waals surface area contributed by atoms with E-state index in [0.717, 1.165) is 35.0 Å². The summed E-state index contributed by atoms with van der Waals surface area (Å²) in [5.74, 6) is -0.542. The number of hydrogen-bond acceptors (Lipinski definition) is 4. The van der Waals surface area contributed by atoms with Gasteiger partial charge >= 0.3 is 6.18 Å². The van der Waals surface area contributed by atoms with Gasteiger partial charge in [-0.05, 0) is 48.5 Å². The average Bonchev–Trinajstić information content (AvgIpc) is 3.06. The summed E-state index contributed by atoms with van der Waals surface area (Å²) in [6, 6.07) is 8.90. The van der Waals surface area contributed by atoms with Crippen LogP contribution in [0.15, 0.2) is 53.4 Å². The van der Waals surface area contributed by atoms with Crippen LogP contribution in [-0.4, -0.2) is 25.3 Å². The molecule has 0 saturated carbocycles. The summed E-state index contributed by atoms with van der Waals surface area (Å²) in [6.07, 6.45) is -4.75. The lowest BCUT2D eigenvalue weighted by Crippen LogP contribution is -2.12. The quantitative estimate of drug-likeness (QED) is 0.662. The van der Waals surface area contributed by atoms with Gasteiger partial charge in [0.1, 0.15) is 11.6 Å². The minimum Gasteiger partial charge on any atom is -0.496 e. The third-order valence-corrected chi connectivity index (χ3v) is 4.78. The number of benzene rings is 2. The standard InChI is InChI=1S/C17H13F4N3O3S/c1-27-15-7-2-10(18)8-13(15)14-9-16(17(19,20)21)23-24(14)11-3-5-12(6-4-11)28(22,25)26/h2-9H,1H3,(H2,22,25,26). The lowest BCUT2D eigenvalue weighted by molar-refractivity contribution is -0.141. The molecule has 11 heteroatoms. The summed E-state index contributed by atoms with van der Waals surface area (Å²) in [6.45, 7) is 0. The molecule has 0 aliphatic heterocycles. The van der Waals surface area contributed by atoms with Crippen LogP contribution in [-0.2, 0) is 16.2 Å². The Morgan fingerprint density at radius 3 is 2.25 bits per heavy atom. The second-order valence-electron chi connectivity index (χ2n) is 5.71. The highest BCUT2D eigenvalue weighted by molar-refractivity contribution is 7.89. The summed E-state index contributed by atoms with van der Waals surface area (Å²) >= 11 is 0. The van der Waals surface area contributed by atoms with E-state index >= 15 is 0 Å². The predicted molar refractivity (Wildman–Crippen MR) is 91.9 cm³/mol. The van der Waals surface area contributed by atoms with Gasteiger partial charge in [0, 0.05) is 5.56 Å². The van der Waals surface area contributed by atoms with Crippen LogP contribution in [0.4, 0.5) is 17.6 Å². The van der Waals surface area contributed by atoms with Gasteiger partial charge in [0.2, 0.25) is 10.0 Å². The zero-order valence-electron chi connectivity index (χ0n) is 14.2. The largest absolute Gasteiger partial charge is 0.496 e. The van der Waals surface area contributed by atoms with E-state index in [0.29, 0.717) is 0 Å². The Hall–Kier alpha value is -2.92. The molecule has 1 heterocycles. The summed E-state index contributed by atoms with van der Waals surface area (Å²) in [5.41, 5.74) is -1.14. The molecule has 28 heavy (non-hydrogen) atoms. The maximum atomic E-state index is 13.7. The predicted octanol–water partition coefficient (Wildman–Crippen LogP) is 3.35. The number of rotatable bonds is 4. The Morgan fingerprint density at radius 1 is 1.07 bits per heavy atom. The maximum Gasteiger partial charge on any atom is 0.435 e. The van der Waals surface area contributed by atoms with Crippen molar-refractivity contribution >= 4 is 10.0 Å². The fourth-order valence-corrected chi connectivity index (χ4v) is 3.08. The minimum atomic E-state index is -4.75. The minimum absolute atomic E-state index is 0.0426. The van der Waals surface area contributed by atoms with E-state index in [2.05, 4.69) is 5.10 Å². The first-order chi connectivity index (χ1) is 13.0. The van der Waals surface area contributed by atoms with Crippen LogP contribution in [0.2, 0.25) is 0 Å². The van der Waals surface area contributed by atoms with Crippen molar-refractivity contribution < 1.29 is 30.7 Å². The van der Waals surface area contributed by atoms with Gasteiger partial charge in [-0.25, -0.2) is 22.6 Å².